The van der Waals surface area contributed by atoms with Crippen molar-refractivity contribution in [2.75, 3.05) is 20.8 Å². The molecule has 0 radical (unpaired) electrons. The van der Waals surface area contributed by atoms with E-state index in [1.54, 1.807) is 14.2 Å². The van der Waals surface area contributed by atoms with Gasteiger partial charge in [0.1, 0.15) is 0 Å². The van der Waals surface area contributed by atoms with Gasteiger partial charge in [-0.15, -0.1) is 0 Å². The van der Waals surface area contributed by atoms with Crippen LogP contribution in [0.15, 0.2) is 42.5 Å². The van der Waals surface area contributed by atoms with Crippen LogP contribution in [0.4, 0.5) is 0 Å². The van der Waals surface area contributed by atoms with E-state index in [2.05, 4.69) is 11.4 Å². The highest BCUT2D eigenvalue weighted by atomic mass is 35.5. The number of hydrogen-bond donors (Lipinski definition) is 3. The van der Waals surface area contributed by atoms with Crippen molar-refractivity contribution in [3.8, 4) is 11.5 Å². The number of carboxylic acid groups (broad SMARTS) is 2. The first-order valence-electron chi connectivity index (χ1n) is 7.99. The minimum absolute atomic E-state index is 0.750. The predicted octanol–water partition coefficient (Wildman–Crippen LogP) is 2.85. The SMILES string of the molecule is COc1ccc(CNCCc2cccc(Cl)c2)cc1OC.O=C(O)C(=O)O. The van der Waals surface area contributed by atoms with Crippen LogP contribution in [0.25, 0.3) is 0 Å². The van der Waals surface area contributed by atoms with Crippen LogP contribution in [-0.4, -0.2) is 42.9 Å². The molecule has 8 heteroatoms. The molecule has 0 aromatic heterocycles. The van der Waals surface area contributed by atoms with Crippen LogP contribution in [0.3, 0.4) is 0 Å². The Balaban J connectivity index is 0.000000527. The van der Waals surface area contributed by atoms with E-state index in [0.717, 1.165) is 36.0 Å². The van der Waals surface area contributed by atoms with Crippen molar-refractivity contribution in [1.29, 1.82) is 0 Å². The first-order valence-corrected chi connectivity index (χ1v) is 8.37. The lowest BCUT2D eigenvalue weighted by molar-refractivity contribution is -0.159. The molecule has 2 aromatic rings. The number of halogens is 1. The summed E-state index contributed by atoms with van der Waals surface area (Å²) in [4.78, 5) is 18.2. The third kappa shape index (κ3) is 8.44. The summed E-state index contributed by atoms with van der Waals surface area (Å²) in [7, 11) is 3.29. The van der Waals surface area contributed by atoms with Gasteiger partial charge in [-0.1, -0.05) is 29.8 Å². The maximum absolute atomic E-state index is 9.10. The van der Waals surface area contributed by atoms with E-state index in [1.807, 2.05) is 36.4 Å². The molecule has 0 amide bonds. The summed E-state index contributed by atoms with van der Waals surface area (Å²) in [5.74, 6) is -2.14. The van der Waals surface area contributed by atoms with E-state index in [9.17, 15) is 0 Å². The van der Waals surface area contributed by atoms with Crippen LogP contribution in [-0.2, 0) is 22.6 Å². The molecule has 0 saturated carbocycles. The maximum Gasteiger partial charge on any atom is 0.414 e. The number of benzene rings is 2. The zero-order chi connectivity index (χ0) is 20.2. The van der Waals surface area contributed by atoms with Gasteiger partial charge in [0, 0.05) is 11.6 Å². The number of aliphatic carboxylic acids is 2. The predicted molar refractivity (Wildman–Crippen MR) is 102 cm³/mol. The Bertz CT molecular complexity index is 754. The molecule has 3 N–H and O–H groups in total. The zero-order valence-electron chi connectivity index (χ0n) is 15.1. The summed E-state index contributed by atoms with van der Waals surface area (Å²) in [5.41, 5.74) is 2.40. The van der Waals surface area contributed by atoms with Gasteiger partial charge < -0.3 is 25.0 Å². The molecule has 7 nitrogen and oxygen atoms in total. The van der Waals surface area contributed by atoms with E-state index in [4.69, 9.17) is 40.9 Å². The molecule has 0 aliphatic rings. The van der Waals surface area contributed by atoms with E-state index in [0.29, 0.717) is 0 Å². The summed E-state index contributed by atoms with van der Waals surface area (Å²) in [6.45, 7) is 1.69. The molecule has 0 spiro atoms. The van der Waals surface area contributed by atoms with Crippen molar-refractivity contribution in [3.05, 3.63) is 58.6 Å². The van der Waals surface area contributed by atoms with Gasteiger partial charge in [0.05, 0.1) is 14.2 Å². The Morgan fingerprint density at radius 1 is 0.963 bits per heavy atom. The maximum atomic E-state index is 9.10. The summed E-state index contributed by atoms with van der Waals surface area (Å²) >= 11 is 5.97. The Labute approximate surface area is 162 Å². The highest BCUT2D eigenvalue weighted by molar-refractivity contribution is 6.30. The fourth-order valence-corrected chi connectivity index (χ4v) is 2.36. The minimum atomic E-state index is -1.82. The Hall–Kier alpha value is -2.77. The Morgan fingerprint density at radius 2 is 1.63 bits per heavy atom. The van der Waals surface area contributed by atoms with Gasteiger partial charge in [-0.3, -0.25) is 0 Å². The molecular weight excluding hydrogens is 374 g/mol. The van der Waals surface area contributed by atoms with E-state index >= 15 is 0 Å². The molecule has 0 bridgehead atoms. The number of nitrogens with one attached hydrogen (secondary N) is 1. The summed E-state index contributed by atoms with van der Waals surface area (Å²) in [6, 6.07) is 13.9. The second-order valence-corrected chi connectivity index (χ2v) is 5.79. The van der Waals surface area contributed by atoms with Crippen molar-refractivity contribution in [2.45, 2.75) is 13.0 Å². The van der Waals surface area contributed by atoms with Gasteiger partial charge in [-0.25, -0.2) is 9.59 Å². The first-order chi connectivity index (χ1) is 12.9. The molecule has 2 aromatic carbocycles. The van der Waals surface area contributed by atoms with Crippen LogP contribution in [0.1, 0.15) is 11.1 Å². The standard InChI is InChI=1S/C17H20ClNO2.C2H2O4/c1-20-16-7-6-14(11-17(16)21-2)12-19-9-8-13-4-3-5-15(18)10-13;3-1(4)2(5)6/h3-7,10-11,19H,8-9,12H2,1-2H3;(H,3,4)(H,5,6). The first kappa shape index (κ1) is 22.3. The number of carboxylic acids is 2. The number of hydrogen-bond acceptors (Lipinski definition) is 5. The third-order valence-corrected chi connectivity index (χ3v) is 3.67. The fourth-order valence-electron chi connectivity index (χ4n) is 2.15. The van der Waals surface area contributed by atoms with Gasteiger partial charge in [0.15, 0.2) is 11.5 Å². The van der Waals surface area contributed by atoms with Gasteiger partial charge in [0.25, 0.3) is 0 Å². The normalized spacial score (nSPS) is 9.74. The van der Waals surface area contributed by atoms with Crippen molar-refractivity contribution in [1.82, 2.24) is 5.32 Å². The van der Waals surface area contributed by atoms with E-state index in [-0.39, 0.29) is 0 Å². The van der Waals surface area contributed by atoms with E-state index in [1.165, 1.54) is 11.1 Å². The van der Waals surface area contributed by atoms with Crippen molar-refractivity contribution in [3.63, 3.8) is 0 Å². The third-order valence-electron chi connectivity index (χ3n) is 3.44. The number of carbonyl (C=O) groups is 2. The molecule has 0 heterocycles. The number of rotatable bonds is 7. The largest absolute Gasteiger partial charge is 0.493 e. The van der Waals surface area contributed by atoms with Gasteiger partial charge >= 0.3 is 11.9 Å². The second-order valence-electron chi connectivity index (χ2n) is 5.36. The molecule has 0 aliphatic heterocycles. The average molecular weight is 396 g/mol. The lowest BCUT2D eigenvalue weighted by Crippen LogP contribution is -2.16. The number of ether oxygens (including phenoxy) is 2. The molecule has 2 rings (SSSR count). The van der Waals surface area contributed by atoms with E-state index < -0.39 is 11.9 Å². The smallest absolute Gasteiger partial charge is 0.414 e. The Kier molecular flexibility index (Phi) is 9.71. The molecule has 27 heavy (non-hydrogen) atoms. The van der Waals surface area contributed by atoms with Crippen LogP contribution >= 0.6 is 11.6 Å². The molecule has 146 valence electrons. The van der Waals surface area contributed by atoms with Crippen LogP contribution in [0.2, 0.25) is 5.02 Å². The van der Waals surface area contributed by atoms with Crippen LogP contribution in [0, 0.1) is 0 Å². The molecule has 0 aliphatic carbocycles. The van der Waals surface area contributed by atoms with Gasteiger partial charge in [-0.2, -0.15) is 0 Å². The Morgan fingerprint density at radius 3 is 2.19 bits per heavy atom. The summed E-state index contributed by atoms with van der Waals surface area (Å²) < 4.78 is 10.5. The monoisotopic (exact) mass is 395 g/mol. The average Bonchev–Trinajstić information content (AvgIpc) is 2.65. The van der Waals surface area contributed by atoms with Gasteiger partial charge in [-0.05, 0) is 48.4 Å². The molecule has 0 unspecified atom stereocenters. The highest BCUT2D eigenvalue weighted by Crippen LogP contribution is 2.27. The zero-order valence-corrected chi connectivity index (χ0v) is 15.8. The topological polar surface area (TPSA) is 105 Å². The van der Waals surface area contributed by atoms with Gasteiger partial charge in [0.2, 0.25) is 0 Å². The highest BCUT2D eigenvalue weighted by Gasteiger charge is 2.04. The van der Waals surface area contributed by atoms with Crippen molar-refractivity contribution < 1.29 is 29.3 Å². The van der Waals surface area contributed by atoms with Crippen molar-refractivity contribution in [2.24, 2.45) is 0 Å². The number of methoxy groups -OCH3 is 2. The van der Waals surface area contributed by atoms with Crippen LogP contribution < -0.4 is 14.8 Å². The summed E-state index contributed by atoms with van der Waals surface area (Å²) in [5, 5.41) is 19.0. The molecule has 0 atom stereocenters. The molecule has 0 fully saturated rings. The van der Waals surface area contributed by atoms with Crippen molar-refractivity contribution >= 4 is 23.5 Å². The molecule has 0 saturated heterocycles. The quantitative estimate of drug-likeness (QED) is 0.489. The lowest BCUT2D eigenvalue weighted by atomic mass is 10.1. The second kappa shape index (κ2) is 11.8. The fraction of sp³-hybridized carbons (Fsp3) is 0.263. The minimum Gasteiger partial charge on any atom is -0.493 e. The molecular formula is C19H22ClNO6. The van der Waals surface area contributed by atoms with Crippen LogP contribution in [0.5, 0.6) is 11.5 Å². The lowest BCUT2D eigenvalue weighted by Gasteiger charge is -2.10. The summed E-state index contributed by atoms with van der Waals surface area (Å²) in [6.07, 6.45) is 0.952.